The van der Waals surface area contributed by atoms with Gasteiger partial charge in [0.25, 0.3) is 11.9 Å². The van der Waals surface area contributed by atoms with E-state index in [1.165, 1.54) is 0 Å². The predicted molar refractivity (Wildman–Crippen MR) is 150 cm³/mol. The van der Waals surface area contributed by atoms with Crippen LogP contribution >= 0.6 is 0 Å². The molecule has 0 heterocycles. The molecule has 0 aromatic heterocycles. The number of aromatic hydroxyl groups is 2. The van der Waals surface area contributed by atoms with Crippen LogP contribution in [0.4, 0.5) is 0 Å². The maximum atomic E-state index is 9.43. The number of carboxylic acids is 2. The molecule has 0 fully saturated rings. The number of phenols is 2. The molecule has 236 valence electrons. The smallest absolute Gasteiger partial charge is 0.300 e. The van der Waals surface area contributed by atoms with Crippen LogP contribution in [0.25, 0.3) is 0 Å². The Balaban J connectivity index is -0.000000106. The van der Waals surface area contributed by atoms with Gasteiger partial charge in [0, 0.05) is 70.4 Å². The Morgan fingerprint density at radius 2 is 0.900 bits per heavy atom. The van der Waals surface area contributed by atoms with E-state index in [2.05, 4.69) is 9.98 Å². The maximum absolute atomic E-state index is 9.43. The first-order chi connectivity index (χ1) is 16.6. The Labute approximate surface area is 255 Å². The number of hydrogen-bond acceptors (Lipinski definition) is 8. The Morgan fingerprint density at radius 1 is 0.675 bits per heavy atom. The normalized spacial score (nSPS) is 9.80. The number of phenolic OH excluding ortho intramolecular Hbond substituents is 2. The molecule has 0 bridgehead atoms. The summed E-state index contributed by atoms with van der Waals surface area (Å²) in [5.41, 5.74) is 0.327. The summed E-state index contributed by atoms with van der Waals surface area (Å²) < 4.78 is 0. The zero-order chi connectivity index (χ0) is 28.4. The van der Waals surface area contributed by atoms with Gasteiger partial charge in [-0.05, 0) is 52.0 Å². The second-order valence-corrected chi connectivity index (χ2v) is 8.61. The van der Waals surface area contributed by atoms with Crippen molar-refractivity contribution in [3.05, 3.63) is 59.7 Å². The van der Waals surface area contributed by atoms with Gasteiger partial charge in [-0.2, -0.15) is 0 Å². The molecule has 2 aromatic carbocycles. The topological polar surface area (TPSA) is 246 Å². The van der Waals surface area contributed by atoms with Crippen molar-refractivity contribution in [1.82, 2.24) is 0 Å². The van der Waals surface area contributed by atoms with Crippen molar-refractivity contribution in [1.29, 1.82) is 0 Å². The zero-order valence-corrected chi connectivity index (χ0v) is 25.3. The van der Waals surface area contributed by atoms with Crippen molar-refractivity contribution < 1.29 is 84.2 Å². The van der Waals surface area contributed by atoms with Crippen molar-refractivity contribution in [3.8, 4) is 11.5 Å². The Hall–Kier alpha value is -2.85. The molecule has 2 rings (SSSR count). The van der Waals surface area contributed by atoms with E-state index in [1.54, 1.807) is 48.8 Å². The van der Waals surface area contributed by atoms with Crippen LogP contribution in [0, 0.1) is 0 Å². The molecule has 0 saturated carbocycles. The van der Waals surface area contributed by atoms with Crippen molar-refractivity contribution in [3.63, 3.8) is 0 Å². The van der Waals surface area contributed by atoms with E-state index < -0.39 is 23.0 Å². The molecule has 0 aliphatic carbocycles. The fourth-order valence-electron chi connectivity index (χ4n) is 1.76. The number of aliphatic hydroxyl groups is 2. The number of carboxylic acid groups (broad SMARTS) is 2. The van der Waals surface area contributed by atoms with Gasteiger partial charge in [-0.15, -0.1) is 0 Å². The van der Waals surface area contributed by atoms with Gasteiger partial charge >= 0.3 is 0 Å². The van der Waals surface area contributed by atoms with Crippen LogP contribution in [-0.4, -0.2) is 79.3 Å². The largest absolute Gasteiger partial charge is 0.507 e. The van der Waals surface area contributed by atoms with Gasteiger partial charge in [0.1, 0.15) is 11.5 Å². The van der Waals surface area contributed by atoms with Gasteiger partial charge in [0.15, 0.2) is 0 Å². The second kappa shape index (κ2) is 26.4. The minimum Gasteiger partial charge on any atom is -0.507 e. The summed E-state index contributed by atoms with van der Waals surface area (Å²) >= 11 is 0. The van der Waals surface area contributed by atoms with Crippen molar-refractivity contribution in [2.45, 2.75) is 52.6 Å². The van der Waals surface area contributed by atoms with Crippen LogP contribution in [-0.2, 0) is 53.5 Å². The Kier molecular flexibility index (Phi) is 33.0. The van der Waals surface area contributed by atoms with Crippen LogP contribution in [0.5, 0.6) is 11.5 Å². The summed E-state index contributed by atoms with van der Waals surface area (Å²) in [4.78, 5) is 26.3. The van der Waals surface area contributed by atoms with Crippen LogP contribution in [0.2, 0.25) is 0 Å². The molecule has 0 radical (unpaired) electrons. The molecule has 0 aliphatic rings. The molecule has 0 saturated heterocycles. The summed E-state index contributed by atoms with van der Waals surface area (Å²) in [5.74, 6) is -1.27. The summed E-state index contributed by atoms with van der Waals surface area (Å²) in [6.45, 7) is 9.42. The van der Waals surface area contributed by atoms with Crippen LogP contribution in [0.15, 0.2) is 58.5 Å². The molecule has 0 amide bonds. The van der Waals surface area contributed by atoms with Gasteiger partial charge in [0.05, 0.1) is 24.3 Å². The Bertz CT molecular complexity index is 913. The molecule has 12 nitrogen and oxygen atoms in total. The molecular formula is C26H44N2Ni2O10+2. The molecule has 12 N–H and O–H groups in total. The molecule has 14 heteroatoms. The summed E-state index contributed by atoms with van der Waals surface area (Å²) in [6, 6.07) is 13.9. The van der Waals surface area contributed by atoms with E-state index in [9.17, 15) is 10.2 Å². The average Bonchev–Trinajstić information content (AvgIpc) is 2.78. The van der Waals surface area contributed by atoms with E-state index in [-0.39, 0.29) is 68.6 Å². The van der Waals surface area contributed by atoms with Crippen LogP contribution in [0.1, 0.15) is 52.7 Å². The quantitative estimate of drug-likeness (QED) is 0.150. The fraction of sp³-hybridized carbons (Fsp3) is 0.385. The number of hydrogen-bond donors (Lipinski definition) is 6. The summed E-state index contributed by atoms with van der Waals surface area (Å²) in [5, 5.41) is 51.6. The van der Waals surface area contributed by atoms with Crippen molar-refractivity contribution in [2.75, 3.05) is 13.2 Å². The van der Waals surface area contributed by atoms with Gasteiger partial charge in [-0.1, -0.05) is 24.3 Å². The fourth-order valence-corrected chi connectivity index (χ4v) is 1.76. The third-order valence-electron chi connectivity index (χ3n) is 3.75. The number of aliphatic imine (C=N–C) groups is 2. The number of nitrogens with zero attached hydrogens (tertiary/aromatic N) is 2. The second-order valence-electron chi connectivity index (χ2n) is 8.61. The van der Waals surface area contributed by atoms with E-state index in [4.69, 9.17) is 30.0 Å². The molecule has 0 aliphatic heterocycles. The predicted octanol–water partition coefficient (Wildman–Crippen LogP) is 1.50. The first-order valence-electron chi connectivity index (χ1n) is 10.8. The van der Waals surface area contributed by atoms with E-state index in [0.29, 0.717) is 11.1 Å². The molecule has 0 unspecified atom stereocenters. The molecule has 2 aromatic rings. The SMILES string of the molecule is CC(=O)O.CC(=O)O.CC(C)(CO)N=Cc1ccccc1O.CC(C)(CO)N=Cc1ccccc1O.[Ni].[Ni].[OH3+].[OH3+]. The molecular weight excluding hydrogens is 618 g/mol. The summed E-state index contributed by atoms with van der Waals surface area (Å²) in [7, 11) is 0. The third kappa shape index (κ3) is 29.7. The number of rotatable bonds is 6. The number of carbonyl (C=O) groups is 2. The van der Waals surface area contributed by atoms with Crippen LogP contribution < -0.4 is 0 Å². The first kappa shape index (κ1) is 50.0. The molecule has 0 spiro atoms. The third-order valence-corrected chi connectivity index (χ3v) is 3.75. The number of aliphatic carboxylic acids is 2. The molecule has 40 heavy (non-hydrogen) atoms. The van der Waals surface area contributed by atoms with E-state index >= 15 is 0 Å². The molecule has 0 atom stereocenters. The standard InChI is InChI=1S/2C11H15NO2.2C2H4O2.2Ni.2H2O/c2*1-11(2,8-13)12-7-9-5-3-4-6-10(9)14;2*1-2(3)4;;;;/h2*3-7,13-14H,8H2,1-2H3;2*1H3,(H,3,4);;;2*1H2/p+2. The van der Waals surface area contributed by atoms with Gasteiger partial charge in [0.2, 0.25) is 0 Å². The first-order valence-corrected chi connectivity index (χ1v) is 10.8. The van der Waals surface area contributed by atoms with Crippen molar-refractivity contribution in [2.24, 2.45) is 9.98 Å². The van der Waals surface area contributed by atoms with Crippen LogP contribution in [0.3, 0.4) is 0 Å². The van der Waals surface area contributed by atoms with Crippen molar-refractivity contribution >= 4 is 24.4 Å². The zero-order valence-electron chi connectivity index (χ0n) is 23.4. The Morgan fingerprint density at radius 3 is 1.10 bits per heavy atom. The monoisotopic (exact) mass is 660 g/mol. The number of benzene rings is 2. The van der Waals surface area contributed by atoms with Gasteiger partial charge < -0.3 is 41.6 Å². The van der Waals surface area contributed by atoms with Gasteiger partial charge in [-0.25, -0.2) is 0 Å². The maximum Gasteiger partial charge on any atom is 0.300 e. The minimum atomic E-state index is -0.833. The average molecular weight is 662 g/mol. The summed E-state index contributed by atoms with van der Waals surface area (Å²) in [6.07, 6.45) is 3.15. The van der Waals surface area contributed by atoms with Gasteiger partial charge in [-0.3, -0.25) is 19.6 Å². The number of aliphatic hydroxyl groups excluding tert-OH is 2. The number of para-hydroxylation sites is 2. The minimum absolute atomic E-state index is 0. The van der Waals surface area contributed by atoms with E-state index in [0.717, 1.165) is 13.8 Å². The van der Waals surface area contributed by atoms with E-state index in [1.807, 2.05) is 39.8 Å².